The summed E-state index contributed by atoms with van der Waals surface area (Å²) in [4.78, 5) is 220. The van der Waals surface area contributed by atoms with Crippen molar-refractivity contribution in [2.45, 2.75) is 315 Å². The molecule has 0 unspecified atom stereocenters. The summed E-state index contributed by atoms with van der Waals surface area (Å²) in [6, 6.07) is 2.72. The first-order valence-electron chi connectivity index (χ1n) is 45.0. The number of Topliss-reactive ketones (excluding diaryl/α,β-unsaturated/α-hetero) is 10. The molecule has 0 saturated heterocycles. The van der Waals surface area contributed by atoms with E-state index in [0.29, 0.717) is 75.2 Å². The van der Waals surface area contributed by atoms with E-state index in [1.54, 1.807) is 69.5 Å². The number of aliphatic hydroxyl groups is 3. The fourth-order valence-electron chi connectivity index (χ4n) is 14.2. The highest BCUT2D eigenvalue weighted by atomic mass is 16.3. The SMILES string of the molecule is CC(=O)N[C@@H](CC(C)C)C(=O)N[C@H](C(=O)C(=O)[C@H](Cc1ccccc1)NN[C@](C)(CCCCCC/C=C/CCC[C@](C)(NC(=O)[C@H](CCC(C)C)NN[C@@H](CCC(N)=O)C(=O)CN[C@@H](C)C(=O)CC(=O)[C@H](Cc1c[nH]c2ccccc12)N=N[C@H](C=O)CC1=CC=C(O)CC1)C(=O)N[C@@H](CO)C(=O)CN[C@@H](C)C(=O)CCN[C@@H](C)C(=O)CN)C(=O)CN[C@@H](C)C(C)=O)[C@@H](C)O. The van der Waals surface area contributed by atoms with Gasteiger partial charge in [-0.25, -0.2) is 21.7 Å². The van der Waals surface area contributed by atoms with Crippen molar-refractivity contribution in [1.29, 1.82) is 0 Å². The van der Waals surface area contributed by atoms with Crippen molar-refractivity contribution in [3.05, 3.63) is 108 Å². The molecule has 1 heterocycles. The summed E-state index contributed by atoms with van der Waals surface area (Å²) in [7, 11) is 0. The minimum absolute atomic E-state index is 0.00591. The highest BCUT2D eigenvalue weighted by Gasteiger charge is 2.42. The number of aliphatic hydroxyl groups excluding tert-OH is 3. The number of nitrogens with zero attached hydrogens (tertiary/aromatic N) is 2. The van der Waals surface area contributed by atoms with Crippen LogP contribution in [0.4, 0.5) is 0 Å². The number of nitrogens with two attached hydrogens (primary N) is 2. The smallest absolute Gasteiger partial charge is 0.246 e. The predicted molar refractivity (Wildman–Crippen MR) is 489 cm³/mol. The Morgan fingerprint density at radius 2 is 1.19 bits per heavy atom. The largest absolute Gasteiger partial charge is 0.512 e. The van der Waals surface area contributed by atoms with E-state index in [9.17, 15) is 92.0 Å². The van der Waals surface area contributed by atoms with Crippen LogP contribution >= 0.6 is 0 Å². The molecule has 0 fully saturated rings. The molecule has 0 spiro atoms. The number of hydrogen-bond acceptors (Lipinski definition) is 30. The molecule has 3 aromatic rings. The maximum absolute atomic E-state index is 14.9. The van der Waals surface area contributed by atoms with Gasteiger partial charge in [0.2, 0.25) is 41.1 Å². The first-order chi connectivity index (χ1) is 61.0. The molecule has 4 rings (SSSR count). The van der Waals surface area contributed by atoms with Gasteiger partial charge in [-0.1, -0.05) is 119 Å². The van der Waals surface area contributed by atoms with Gasteiger partial charge in [0.25, 0.3) is 0 Å². The number of aromatic amines is 1. The Morgan fingerprint density at radius 1 is 0.566 bits per heavy atom. The number of carbonyl (C=O) groups excluding carboxylic acids is 16. The van der Waals surface area contributed by atoms with Gasteiger partial charge < -0.3 is 79.1 Å². The van der Waals surface area contributed by atoms with Gasteiger partial charge in [0.1, 0.15) is 47.8 Å². The van der Waals surface area contributed by atoms with Crippen LogP contribution in [0.2, 0.25) is 0 Å². The zero-order chi connectivity index (χ0) is 96.1. The molecule has 20 N–H and O–H groups in total. The second-order valence-corrected chi connectivity index (χ2v) is 35.0. The summed E-state index contributed by atoms with van der Waals surface area (Å²) >= 11 is 0. The van der Waals surface area contributed by atoms with Crippen LogP contribution in [0.15, 0.2) is 107 Å². The number of aromatic nitrogens is 1. The van der Waals surface area contributed by atoms with E-state index in [1.807, 2.05) is 64.1 Å². The van der Waals surface area contributed by atoms with E-state index in [4.69, 9.17) is 11.5 Å². The van der Waals surface area contributed by atoms with Crippen LogP contribution in [-0.2, 0) is 89.6 Å². The van der Waals surface area contributed by atoms with E-state index < -0.39 is 180 Å². The van der Waals surface area contributed by atoms with Crippen LogP contribution in [0.5, 0.6) is 0 Å². The number of H-pyrrole nitrogens is 1. The van der Waals surface area contributed by atoms with E-state index in [1.165, 1.54) is 41.5 Å². The number of benzene rings is 2. The molecular formula is C93H143N17O19. The van der Waals surface area contributed by atoms with Crippen LogP contribution in [0.3, 0.4) is 0 Å². The third-order valence-electron chi connectivity index (χ3n) is 22.9. The fourth-order valence-corrected chi connectivity index (χ4v) is 14.2. The summed E-state index contributed by atoms with van der Waals surface area (Å²) in [6.45, 7) is 18.6. The van der Waals surface area contributed by atoms with Crippen LogP contribution in [0, 0.1) is 11.8 Å². The lowest BCUT2D eigenvalue weighted by Gasteiger charge is -2.33. The average molecular weight is 1800 g/mol. The van der Waals surface area contributed by atoms with E-state index in [-0.39, 0.29) is 131 Å². The van der Waals surface area contributed by atoms with Crippen molar-refractivity contribution in [2.75, 3.05) is 39.3 Å². The zero-order valence-electron chi connectivity index (χ0n) is 77.3. The van der Waals surface area contributed by atoms with Gasteiger partial charge in [0.05, 0.1) is 98.9 Å². The molecule has 0 bridgehead atoms. The second-order valence-electron chi connectivity index (χ2n) is 35.0. The summed E-state index contributed by atoms with van der Waals surface area (Å²) in [5.41, 5.74) is 22.8. The first kappa shape index (κ1) is 111. The predicted octanol–water partition coefficient (Wildman–Crippen LogP) is 3.85. The molecule has 0 aliphatic heterocycles. The van der Waals surface area contributed by atoms with Gasteiger partial charge in [-0.05, 0) is 174 Å². The highest BCUT2D eigenvalue weighted by Crippen LogP contribution is 2.26. The number of amides is 5. The molecule has 5 amide bonds. The molecule has 2 aromatic carbocycles. The summed E-state index contributed by atoms with van der Waals surface area (Å²) in [5, 5.41) is 63.1. The van der Waals surface area contributed by atoms with Crippen LogP contribution in [0.1, 0.15) is 223 Å². The van der Waals surface area contributed by atoms with E-state index >= 15 is 0 Å². The number of allylic oxidation sites excluding steroid dienone is 5. The Bertz CT molecular complexity index is 4360. The van der Waals surface area contributed by atoms with Gasteiger partial charge in [0, 0.05) is 56.3 Å². The molecule has 36 nitrogen and oxygen atoms in total. The Labute approximate surface area is 757 Å². The number of hydrazine groups is 2. The van der Waals surface area contributed by atoms with E-state index in [0.717, 1.165) is 16.5 Å². The average Bonchev–Trinajstić information content (AvgIpc) is 0.935. The quantitative estimate of drug-likeness (QED) is 0.00726. The fraction of sp³-hybridized carbons (Fsp3) is 0.613. The number of nitrogens with one attached hydrogen (secondary N) is 13. The van der Waals surface area contributed by atoms with Gasteiger partial charge in [0.15, 0.2) is 40.5 Å². The molecule has 0 radical (unpaired) electrons. The van der Waals surface area contributed by atoms with Crippen molar-refractivity contribution in [2.24, 2.45) is 33.5 Å². The van der Waals surface area contributed by atoms with Crippen molar-refractivity contribution >= 4 is 105 Å². The normalized spacial score (nSPS) is 16.4. The summed E-state index contributed by atoms with van der Waals surface area (Å²) < 4.78 is 0. The van der Waals surface area contributed by atoms with Crippen LogP contribution < -0.4 is 75.7 Å². The Morgan fingerprint density at radius 3 is 1.80 bits per heavy atom. The summed E-state index contributed by atoms with van der Waals surface area (Å²) in [6.07, 6.45) is 12.6. The number of primary amides is 1. The molecule has 1 aromatic heterocycles. The van der Waals surface area contributed by atoms with Crippen molar-refractivity contribution in [3.8, 4) is 0 Å². The van der Waals surface area contributed by atoms with Gasteiger partial charge in [-0.2, -0.15) is 10.2 Å². The number of rotatable bonds is 70. The molecule has 15 atom stereocenters. The molecule has 1 aliphatic rings. The number of azo groups is 1. The minimum Gasteiger partial charge on any atom is -0.512 e. The number of hydrogen-bond donors (Lipinski definition) is 18. The molecule has 36 heteroatoms. The summed E-state index contributed by atoms with van der Waals surface area (Å²) in [5.74, 6) is -9.17. The number of aldehydes is 1. The minimum atomic E-state index is -1.81. The Balaban J connectivity index is 1.54. The Kier molecular flexibility index (Phi) is 49.8. The highest BCUT2D eigenvalue weighted by molar-refractivity contribution is 6.41. The van der Waals surface area contributed by atoms with Gasteiger partial charge in [-0.3, -0.25) is 71.9 Å². The first-order valence-corrected chi connectivity index (χ1v) is 45.0. The lowest BCUT2D eigenvalue weighted by atomic mass is 9.89. The number of carbonyl (C=O) groups is 16. The monoisotopic (exact) mass is 1800 g/mol. The number of ketones is 10. The van der Waals surface area contributed by atoms with Crippen molar-refractivity contribution in [3.63, 3.8) is 0 Å². The topological polar surface area (TPSA) is 571 Å². The standard InChI is InChI=1S/C93H143N17O19/c1-56(2)32-37-73(107-106-72(38-39-85(95)124)82(121)51-98-60(7)79(118)48-80(119)74(47-67-50-100-71-31-25-24-30-70(67)71)108-105-68(54-111)45-66-33-35-69(116)36-34-66)90(128)104-93(13,91(129)102-77(55-112)83(122)52-97-59(6)78(117)40-43-96-61(8)81(120)49-94)42-27-20-18-16-14-15-17-19-26-41-92(12,84(123)53-99-58(5)62(9)113)110-109-75(46-65-28-22-21-23-29-65)87(125)88(126)86(63(10)114)103-89(127)76(44-57(3)4)101-64(11)115/h16,18,21-25,28-31,33,35,50,54,56-61,63,68,72-77,86,96-100,106-107,109-110,112,114,116H,14-15,17,19-20,26-27,32,34,36-49,51-53,55,94H2,1-13H3,(H2,95,124)(H,101,115)(H,102,129)(H,103,127)(H,104,128)/b18-16+,108-105?/t58-,59-,60-,61-,63+,68-,72-,73-,74-,75-,76-,77-,86-,92+,93-/m0/s1. The molecule has 714 valence electrons. The number of unbranched alkanes of at least 4 members (excludes halogenated alkanes) is 5. The van der Waals surface area contributed by atoms with Crippen molar-refractivity contribution in [1.82, 2.24) is 69.2 Å². The Hall–Kier alpha value is -10.1. The maximum atomic E-state index is 14.9. The third kappa shape index (κ3) is 40.4. The lowest BCUT2D eigenvalue weighted by Crippen LogP contribution is -2.64. The van der Waals surface area contributed by atoms with Gasteiger partial charge in [-0.15, -0.1) is 0 Å². The second kappa shape index (κ2) is 57.8. The van der Waals surface area contributed by atoms with Crippen LogP contribution in [0.25, 0.3) is 10.9 Å². The van der Waals surface area contributed by atoms with Crippen molar-refractivity contribution < 1.29 is 92.0 Å². The third-order valence-corrected chi connectivity index (χ3v) is 22.9. The van der Waals surface area contributed by atoms with Crippen LogP contribution in [-0.4, -0.2) is 243 Å². The number of fused-ring (bicyclic) bond motifs is 1. The lowest BCUT2D eigenvalue weighted by molar-refractivity contribution is -0.142. The molecular weight excluding hydrogens is 1660 g/mol. The molecule has 129 heavy (non-hydrogen) atoms. The maximum Gasteiger partial charge on any atom is 0.246 e. The zero-order valence-corrected chi connectivity index (χ0v) is 77.3. The molecule has 0 saturated carbocycles. The van der Waals surface area contributed by atoms with Gasteiger partial charge >= 0.3 is 0 Å². The number of para-hydroxylation sites is 1. The molecule has 1 aliphatic carbocycles. The van der Waals surface area contributed by atoms with E-state index in [2.05, 4.69) is 79.4 Å².